The number of nitrogens with zero attached hydrogens (tertiary/aromatic N) is 3. The number of rotatable bonds is 19. The molecule has 1 saturated heterocycles. The molecule has 0 spiro atoms. The molecule has 0 unspecified atom stereocenters. The number of carbonyl (C=O) groups is 4. The number of allylic oxidation sites excluding steroid dienone is 3. The van der Waals surface area contributed by atoms with Gasteiger partial charge in [-0.15, -0.1) is 11.3 Å². The zero-order chi connectivity index (χ0) is 44.0. The molecule has 2 aromatic carbocycles. The number of amides is 4. The molecular formula is C44H54N6O8S3. The van der Waals surface area contributed by atoms with Crippen molar-refractivity contribution in [3.8, 4) is 27.0 Å². The summed E-state index contributed by atoms with van der Waals surface area (Å²) in [4.78, 5) is 63.1. The van der Waals surface area contributed by atoms with Crippen molar-refractivity contribution in [1.82, 2.24) is 24.9 Å². The average Bonchev–Trinajstić information content (AvgIpc) is 3.53. The first-order valence-electron chi connectivity index (χ1n) is 20.5. The zero-order valence-corrected chi connectivity index (χ0v) is 37.4. The molecule has 3 heterocycles. The van der Waals surface area contributed by atoms with Crippen LogP contribution >= 0.6 is 22.7 Å². The number of unbranched alkanes of at least 4 members (excludes halogenated alkanes) is 3. The van der Waals surface area contributed by atoms with E-state index in [0.29, 0.717) is 49.3 Å². The number of hydrogen-bond donors (Lipinski definition) is 3. The van der Waals surface area contributed by atoms with E-state index >= 15 is 0 Å². The van der Waals surface area contributed by atoms with Crippen LogP contribution in [0.4, 0.5) is 4.79 Å². The van der Waals surface area contributed by atoms with E-state index in [-0.39, 0.29) is 19.4 Å². The summed E-state index contributed by atoms with van der Waals surface area (Å²) in [5.41, 5.74) is 9.35. The highest BCUT2D eigenvalue weighted by molar-refractivity contribution is 7.91. The van der Waals surface area contributed by atoms with Crippen molar-refractivity contribution in [2.75, 3.05) is 6.54 Å². The van der Waals surface area contributed by atoms with Gasteiger partial charge in [0.05, 0.1) is 27.2 Å². The van der Waals surface area contributed by atoms with Crippen LogP contribution in [-0.2, 0) is 29.1 Å². The predicted molar refractivity (Wildman–Crippen MR) is 238 cm³/mol. The van der Waals surface area contributed by atoms with Gasteiger partial charge in [0.1, 0.15) is 28.8 Å². The minimum absolute atomic E-state index is 0.0201. The van der Waals surface area contributed by atoms with Gasteiger partial charge in [0.15, 0.2) is 0 Å². The zero-order valence-electron chi connectivity index (χ0n) is 35.0. The Kier molecular flexibility index (Phi) is 14.4. The molecule has 4 N–H and O–H groups in total. The second-order valence-electron chi connectivity index (χ2n) is 16.8. The van der Waals surface area contributed by atoms with Gasteiger partial charge in [-0.25, -0.2) is 23.2 Å². The largest absolute Gasteiger partial charge is 0.465 e. The number of thiazole rings is 2. The van der Waals surface area contributed by atoms with Gasteiger partial charge in [0.2, 0.25) is 27.7 Å². The van der Waals surface area contributed by atoms with Crippen LogP contribution in [0.5, 0.6) is 5.19 Å². The van der Waals surface area contributed by atoms with Crippen molar-refractivity contribution >= 4 is 66.7 Å². The number of nitrogens with one attached hydrogen (secondary N) is 2. The number of likely N-dealkylation sites (tertiary alicyclic amines) is 1. The number of aromatic nitrogens is 2. The topological polar surface area (TPSA) is 200 Å². The number of nitrogens with two attached hydrogens (primary N) is 1. The van der Waals surface area contributed by atoms with Gasteiger partial charge < -0.3 is 25.4 Å². The molecule has 326 valence electrons. The van der Waals surface area contributed by atoms with Gasteiger partial charge in [0.25, 0.3) is 5.19 Å². The minimum Gasteiger partial charge on any atom is -0.465 e. The molecule has 14 nitrogen and oxygen atoms in total. The summed E-state index contributed by atoms with van der Waals surface area (Å²) in [5.74, 6) is -1.67. The summed E-state index contributed by atoms with van der Waals surface area (Å²) in [7, 11) is -3.67. The maximum absolute atomic E-state index is 14.2. The molecular weight excluding hydrogens is 837 g/mol. The molecule has 1 aliphatic carbocycles. The van der Waals surface area contributed by atoms with Gasteiger partial charge in [0, 0.05) is 29.3 Å². The average molecular weight is 891 g/mol. The van der Waals surface area contributed by atoms with Crippen LogP contribution in [0.15, 0.2) is 78.2 Å². The maximum atomic E-state index is 14.2. The van der Waals surface area contributed by atoms with Gasteiger partial charge in [-0.1, -0.05) is 90.9 Å². The quantitative estimate of drug-likeness (QED) is 0.0620. The molecule has 61 heavy (non-hydrogen) atoms. The lowest BCUT2D eigenvalue weighted by Gasteiger charge is -2.28. The molecule has 1 aliphatic heterocycles. The Morgan fingerprint density at radius 2 is 1.80 bits per heavy atom. The van der Waals surface area contributed by atoms with Gasteiger partial charge in [-0.2, -0.15) is 0 Å². The highest BCUT2D eigenvalue weighted by atomic mass is 32.2. The Morgan fingerprint density at radius 1 is 1.05 bits per heavy atom. The fraction of sp³-hybridized carbons (Fsp3) is 0.455. The highest BCUT2D eigenvalue weighted by Gasteiger charge is 2.50. The Bertz CT molecular complexity index is 2380. The van der Waals surface area contributed by atoms with Crippen molar-refractivity contribution in [2.45, 2.75) is 120 Å². The standard InChI is InChI=1S/C44H54N6O8S3/c1-28(21-22-36(51)49-61(55,56)44(5)23-24-44)15-10-7-6-8-13-19-33(47-41(54)58-43(2,3)4)40(53)50-26-30(25-35(50)38(45)52)57-42-48-32-20-14-18-31(37(32)60-42)39-46-34(27-59-39)29-16-11-9-12-17-29/h9-12,14-18,20,27,30,33,35H,1,6-8,13,19,21-26H2,2-5H3,(H2,45,52)(H,47,54)(H,49,51)/b15-10-/t30-,33+,35+/m1/s1. The molecule has 1 saturated carbocycles. The first kappa shape index (κ1) is 45.4. The summed E-state index contributed by atoms with van der Waals surface area (Å²) < 4.78 is 38.6. The van der Waals surface area contributed by atoms with E-state index in [0.717, 1.165) is 44.9 Å². The number of carbonyl (C=O) groups excluding carboxylic acids is 4. The number of alkyl carbamates (subject to hydrolysis) is 1. The van der Waals surface area contributed by atoms with Crippen molar-refractivity contribution in [3.05, 3.63) is 78.2 Å². The third-order valence-electron chi connectivity index (χ3n) is 10.6. The molecule has 17 heteroatoms. The van der Waals surface area contributed by atoms with Crippen LogP contribution in [-0.4, -0.2) is 82.2 Å². The molecule has 2 aliphatic rings. The van der Waals surface area contributed by atoms with E-state index in [1.54, 1.807) is 39.0 Å². The number of ether oxygens (including phenoxy) is 2. The number of primary amides is 1. The Hall–Kier alpha value is -5.13. The van der Waals surface area contributed by atoms with Crippen LogP contribution in [0, 0.1) is 0 Å². The summed E-state index contributed by atoms with van der Waals surface area (Å²) in [6, 6.07) is 13.9. The Morgan fingerprint density at radius 3 is 2.51 bits per heavy atom. The van der Waals surface area contributed by atoms with E-state index < -0.39 is 62.4 Å². The molecule has 2 aromatic heterocycles. The van der Waals surface area contributed by atoms with Crippen molar-refractivity contribution in [1.29, 1.82) is 0 Å². The number of sulfonamides is 1. The van der Waals surface area contributed by atoms with Gasteiger partial charge >= 0.3 is 6.09 Å². The lowest BCUT2D eigenvalue weighted by Crippen LogP contribution is -2.53. The number of benzene rings is 2. The molecule has 4 aromatic rings. The third-order valence-corrected chi connectivity index (χ3v) is 14.6. The maximum Gasteiger partial charge on any atom is 0.408 e. The number of fused-ring (bicyclic) bond motifs is 1. The van der Waals surface area contributed by atoms with Gasteiger partial charge in [-0.3, -0.25) is 19.1 Å². The summed E-state index contributed by atoms with van der Waals surface area (Å²) in [6.45, 7) is 10.9. The first-order valence-corrected chi connectivity index (χ1v) is 23.7. The van der Waals surface area contributed by atoms with E-state index in [2.05, 4.69) is 16.6 Å². The summed E-state index contributed by atoms with van der Waals surface area (Å²) >= 11 is 2.92. The van der Waals surface area contributed by atoms with E-state index in [1.165, 1.54) is 16.2 Å². The van der Waals surface area contributed by atoms with Crippen molar-refractivity contribution in [2.24, 2.45) is 5.73 Å². The molecule has 2 fully saturated rings. The summed E-state index contributed by atoms with van der Waals surface area (Å²) in [6.07, 6.45) is 7.15. The van der Waals surface area contributed by atoms with Crippen LogP contribution in [0.2, 0.25) is 0 Å². The highest BCUT2D eigenvalue weighted by Crippen LogP contribution is 2.42. The second kappa shape index (κ2) is 19.3. The monoisotopic (exact) mass is 890 g/mol. The molecule has 4 amide bonds. The SMILES string of the molecule is C=C(/C=C\CCCCC[C@H](NC(=O)OC(C)(C)C)C(=O)N1C[C@H](Oc2nc3cccc(-c4nc(-c5ccccc5)cs4)c3s2)C[C@H]1C(N)=O)CCC(=O)NS(=O)(=O)C1(C)CC1. The third kappa shape index (κ3) is 12.0. The van der Waals surface area contributed by atoms with Crippen LogP contribution in [0.3, 0.4) is 0 Å². The first-order chi connectivity index (χ1) is 28.9. The smallest absolute Gasteiger partial charge is 0.408 e. The van der Waals surface area contributed by atoms with Crippen LogP contribution < -0.4 is 20.5 Å². The Labute approximate surface area is 365 Å². The van der Waals surface area contributed by atoms with Crippen LogP contribution in [0.25, 0.3) is 32.0 Å². The minimum atomic E-state index is -3.67. The lowest BCUT2D eigenvalue weighted by molar-refractivity contribution is -0.139. The number of hydrogen-bond acceptors (Lipinski definition) is 12. The normalized spacial score (nSPS) is 17.9. The lowest BCUT2D eigenvalue weighted by atomic mass is 10.0. The van der Waals surface area contributed by atoms with Crippen LogP contribution in [0.1, 0.15) is 91.9 Å². The van der Waals surface area contributed by atoms with Gasteiger partial charge in [-0.05, 0) is 72.3 Å². The predicted octanol–water partition coefficient (Wildman–Crippen LogP) is 7.66. The Balaban J connectivity index is 1.04. The molecule has 0 bridgehead atoms. The fourth-order valence-electron chi connectivity index (χ4n) is 6.90. The molecule has 0 radical (unpaired) electrons. The van der Waals surface area contributed by atoms with E-state index in [4.69, 9.17) is 25.2 Å². The van der Waals surface area contributed by atoms with E-state index in [1.807, 2.05) is 66.1 Å². The van der Waals surface area contributed by atoms with Crippen molar-refractivity contribution < 1.29 is 37.1 Å². The summed E-state index contributed by atoms with van der Waals surface area (Å²) in [5, 5.41) is 6.01. The second-order valence-corrected chi connectivity index (χ2v) is 20.8. The van der Waals surface area contributed by atoms with Crippen molar-refractivity contribution in [3.63, 3.8) is 0 Å². The van der Waals surface area contributed by atoms with E-state index in [9.17, 15) is 27.6 Å². The molecule has 3 atom stereocenters. The fourth-order valence-corrected chi connectivity index (χ4v) is 10.1. The molecule has 6 rings (SSSR count).